The number of nitrogens with zero attached hydrogens (tertiary/aromatic N) is 4. The maximum absolute atomic E-state index is 13.1. The van der Waals surface area contributed by atoms with Crippen LogP contribution in [0.1, 0.15) is 63.6 Å². The maximum Gasteiger partial charge on any atom is 0.351 e. The van der Waals surface area contributed by atoms with Crippen molar-refractivity contribution < 1.29 is 32.7 Å². The average molecular weight is 786 g/mol. The molecule has 2 heterocycles. The van der Waals surface area contributed by atoms with Gasteiger partial charge in [0.25, 0.3) is 8.53 Å². The van der Waals surface area contributed by atoms with Gasteiger partial charge in [-0.1, -0.05) is 54.6 Å². The summed E-state index contributed by atoms with van der Waals surface area (Å²) < 4.78 is 49.6. The number of methoxy groups -OCH3 is 2. The first-order chi connectivity index (χ1) is 27.1. The smallest absolute Gasteiger partial charge is 0.351 e. The van der Waals surface area contributed by atoms with Crippen LogP contribution in [0.2, 0.25) is 0 Å². The van der Waals surface area contributed by atoms with Gasteiger partial charge in [-0.25, -0.2) is 9.46 Å². The highest BCUT2D eigenvalue weighted by atomic mass is 31.2. The summed E-state index contributed by atoms with van der Waals surface area (Å²) >= 11 is 0. The van der Waals surface area contributed by atoms with Gasteiger partial charge < -0.3 is 38.5 Å². The van der Waals surface area contributed by atoms with Crippen LogP contribution in [0, 0.1) is 11.3 Å². The Labute approximate surface area is 330 Å². The first kappa shape index (κ1) is 41.3. The molecule has 0 radical (unpaired) electrons. The SMILES string of the molecule is COc1ccc(C(O[C@@H]2[C@@H]3C[C@@H](OP(OCCC#N)N(C(C)C)C(C)C)[C@@]2(OCn2ccc(N)nc2=O)CCO3)(c2ccccc2)c2ccc(OC)cc2)cc1. The molecule has 2 bridgehead atoms. The molecule has 1 saturated heterocycles. The predicted octanol–water partition coefficient (Wildman–Crippen LogP) is 6.79. The van der Waals surface area contributed by atoms with Gasteiger partial charge in [0, 0.05) is 31.1 Å². The molecule has 13 nitrogen and oxygen atoms in total. The molecule has 2 fully saturated rings. The number of anilines is 1. The number of nitrogens with two attached hydrogens (primary N) is 1. The second-order valence-corrected chi connectivity index (χ2v) is 15.8. The third-order valence-electron chi connectivity index (χ3n) is 10.4. The monoisotopic (exact) mass is 785 g/mol. The largest absolute Gasteiger partial charge is 0.497 e. The fourth-order valence-electron chi connectivity index (χ4n) is 7.77. The van der Waals surface area contributed by atoms with Crippen molar-refractivity contribution in [1.29, 1.82) is 5.26 Å². The van der Waals surface area contributed by atoms with E-state index >= 15 is 0 Å². The van der Waals surface area contributed by atoms with Gasteiger partial charge in [0.2, 0.25) is 0 Å². The Hall–Kier alpha value is -4.38. The van der Waals surface area contributed by atoms with Gasteiger partial charge in [0.15, 0.2) is 0 Å². The minimum absolute atomic E-state index is 0.0689. The first-order valence-electron chi connectivity index (χ1n) is 18.9. The summed E-state index contributed by atoms with van der Waals surface area (Å²) in [5.41, 5.74) is 5.52. The van der Waals surface area contributed by atoms with Gasteiger partial charge in [-0.3, -0.25) is 4.57 Å². The van der Waals surface area contributed by atoms with E-state index in [2.05, 4.69) is 43.4 Å². The van der Waals surface area contributed by atoms with Crippen molar-refractivity contribution in [3.05, 3.63) is 118 Å². The molecule has 14 heteroatoms. The third kappa shape index (κ3) is 8.48. The van der Waals surface area contributed by atoms with Crippen molar-refractivity contribution in [2.45, 2.75) is 95.3 Å². The minimum Gasteiger partial charge on any atom is -0.497 e. The summed E-state index contributed by atoms with van der Waals surface area (Å²) in [5.74, 6) is 1.52. The normalized spacial score (nSPS) is 21.3. The number of nitrogen functional groups attached to an aromatic ring is 1. The molecule has 2 aliphatic rings. The van der Waals surface area contributed by atoms with E-state index < -0.39 is 43.7 Å². The Morgan fingerprint density at radius 2 is 1.57 bits per heavy atom. The lowest BCUT2D eigenvalue weighted by atomic mass is 9.79. The highest BCUT2D eigenvalue weighted by Gasteiger charge is 2.64. The van der Waals surface area contributed by atoms with Gasteiger partial charge in [0.05, 0.1) is 52.1 Å². The fourth-order valence-corrected chi connectivity index (χ4v) is 9.55. The van der Waals surface area contributed by atoms with Crippen molar-refractivity contribution in [2.75, 3.05) is 33.2 Å². The molecule has 3 aromatic carbocycles. The number of benzene rings is 3. The van der Waals surface area contributed by atoms with Crippen molar-refractivity contribution in [2.24, 2.45) is 0 Å². The molecular weight excluding hydrogens is 733 g/mol. The minimum atomic E-state index is -1.69. The molecule has 5 atom stereocenters. The molecule has 298 valence electrons. The molecule has 56 heavy (non-hydrogen) atoms. The Balaban J connectivity index is 1.52. The van der Waals surface area contributed by atoms with Crippen LogP contribution in [0.25, 0.3) is 0 Å². The van der Waals surface area contributed by atoms with Crippen LogP contribution < -0.4 is 20.9 Å². The highest BCUT2D eigenvalue weighted by molar-refractivity contribution is 7.44. The van der Waals surface area contributed by atoms with Gasteiger partial charge in [-0.2, -0.15) is 10.2 Å². The number of hydrogen-bond donors (Lipinski definition) is 1. The second-order valence-electron chi connectivity index (χ2n) is 14.4. The van der Waals surface area contributed by atoms with Gasteiger partial charge >= 0.3 is 5.69 Å². The van der Waals surface area contributed by atoms with E-state index in [4.69, 9.17) is 38.5 Å². The average Bonchev–Trinajstić information content (AvgIpc) is 3.34. The zero-order chi connectivity index (χ0) is 39.9. The summed E-state index contributed by atoms with van der Waals surface area (Å²) in [7, 11) is 1.59. The van der Waals surface area contributed by atoms with E-state index in [0.29, 0.717) is 30.9 Å². The number of hydrogen-bond acceptors (Lipinski definition) is 12. The van der Waals surface area contributed by atoms with Crippen molar-refractivity contribution in [3.8, 4) is 17.6 Å². The summed E-state index contributed by atoms with van der Waals surface area (Å²) in [6.07, 6.45) is 0.774. The van der Waals surface area contributed by atoms with Crippen LogP contribution in [0.15, 0.2) is 95.9 Å². The molecule has 0 spiro atoms. The van der Waals surface area contributed by atoms with E-state index in [9.17, 15) is 10.1 Å². The lowest BCUT2D eigenvalue weighted by molar-refractivity contribution is -0.248. The first-order valence-corrected chi connectivity index (χ1v) is 20.0. The maximum atomic E-state index is 13.1. The summed E-state index contributed by atoms with van der Waals surface area (Å²) in [6, 6.07) is 29.6. The standard InChI is InChI=1S/C42H52N5O8P/c1-29(2)47(30(3)4)56(53-25-10-23-43)55-37-27-36-39(41(37,22-26-51-36)52-28-46-24-21-38(44)45-40(46)48)54-42(31-11-8-7-9-12-31,32-13-17-34(49-5)18-14-32)33-15-19-35(50-6)20-16-33/h7-9,11-21,24,29-30,36-37,39H,10,22,25-28H2,1-6H3,(H2,44,45,48)/t36-,37+,39+,41-,56?/m0/s1. The molecule has 0 amide bonds. The number of aromatic nitrogens is 2. The van der Waals surface area contributed by atoms with Gasteiger partial charge in [-0.05, 0) is 74.7 Å². The molecule has 1 unspecified atom stereocenters. The van der Waals surface area contributed by atoms with Crippen LogP contribution in [-0.4, -0.2) is 77.7 Å². The van der Waals surface area contributed by atoms with Crippen molar-refractivity contribution in [1.82, 2.24) is 14.2 Å². The zero-order valence-corrected chi connectivity index (χ0v) is 33.8. The van der Waals surface area contributed by atoms with Crippen LogP contribution in [0.4, 0.5) is 5.82 Å². The van der Waals surface area contributed by atoms with Crippen LogP contribution in [-0.2, 0) is 35.6 Å². The molecule has 1 saturated carbocycles. The molecular formula is C42H52N5O8P. The lowest BCUT2D eigenvalue weighted by Crippen LogP contribution is -2.58. The Morgan fingerprint density at radius 1 is 0.964 bits per heavy atom. The molecule has 4 aromatic rings. The molecule has 2 N–H and O–H groups in total. The zero-order valence-electron chi connectivity index (χ0n) is 32.9. The van der Waals surface area contributed by atoms with Crippen LogP contribution >= 0.6 is 8.53 Å². The molecule has 1 aliphatic heterocycles. The van der Waals surface area contributed by atoms with E-state index in [1.54, 1.807) is 26.5 Å². The lowest BCUT2D eigenvalue weighted by Gasteiger charge is -2.48. The topological polar surface area (TPSA) is 153 Å². The molecule has 6 rings (SSSR count). The predicted molar refractivity (Wildman–Crippen MR) is 213 cm³/mol. The van der Waals surface area contributed by atoms with Crippen molar-refractivity contribution >= 4 is 14.3 Å². The van der Waals surface area contributed by atoms with E-state index in [0.717, 1.165) is 16.7 Å². The van der Waals surface area contributed by atoms with Crippen LogP contribution in [0.5, 0.6) is 11.5 Å². The Morgan fingerprint density at radius 3 is 2.12 bits per heavy atom. The third-order valence-corrected chi connectivity index (χ3v) is 12.5. The molecule has 1 aromatic heterocycles. The van der Waals surface area contributed by atoms with E-state index in [1.807, 2.05) is 78.9 Å². The van der Waals surface area contributed by atoms with E-state index in [-0.39, 0.29) is 37.7 Å². The van der Waals surface area contributed by atoms with E-state index in [1.165, 1.54) is 4.57 Å². The molecule has 1 aliphatic carbocycles. The number of fused-ring (bicyclic) bond motifs is 2. The number of rotatable bonds is 18. The van der Waals surface area contributed by atoms with Gasteiger partial charge in [-0.15, -0.1) is 0 Å². The van der Waals surface area contributed by atoms with Crippen LogP contribution in [0.3, 0.4) is 0 Å². The fraction of sp³-hybridized carbons (Fsp3) is 0.452. The van der Waals surface area contributed by atoms with Gasteiger partial charge in [0.1, 0.15) is 41.4 Å². The Bertz CT molecular complexity index is 1920. The summed E-state index contributed by atoms with van der Waals surface area (Å²) in [4.78, 5) is 17.0. The van der Waals surface area contributed by atoms with Crippen molar-refractivity contribution in [3.63, 3.8) is 0 Å². The highest BCUT2D eigenvalue weighted by Crippen LogP contribution is 2.56. The quantitative estimate of drug-likeness (QED) is 0.0643. The summed E-state index contributed by atoms with van der Waals surface area (Å²) in [6.45, 7) is 8.81. The summed E-state index contributed by atoms with van der Waals surface area (Å²) in [5, 5.41) is 9.40. The number of nitriles is 1. The Kier molecular flexibility index (Phi) is 13.5. The second kappa shape index (κ2) is 18.3. The number of ether oxygens (including phenoxy) is 5.